The SMILES string of the molecule is CCCOc1ccc(/C(O)=C2/C(=O)C(=O)N(c3nnc(SCc4ccccc4F)s3)C2c2ccc(C(C)(C)C)cc2)cc1. The van der Waals surface area contributed by atoms with E-state index < -0.39 is 17.7 Å². The standard InChI is InChI=1S/C33H32FN3O4S2/c1-5-18-41-24-16-12-21(13-17-24)28(38)26-27(20-10-14-23(15-11-20)33(2,3)4)37(30(40)29(26)39)31-35-36-32(43-31)42-19-22-8-6-7-9-25(22)34/h6-17,27,38H,5,18-19H2,1-4H3/b28-26-. The van der Waals surface area contributed by atoms with E-state index >= 15 is 0 Å². The van der Waals surface area contributed by atoms with Crippen LogP contribution < -0.4 is 9.64 Å². The first-order valence-electron chi connectivity index (χ1n) is 13.9. The van der Waals surface area contributed by atoms with Gasteiger partial charge in [0.25, 0.3) is 5.78 Å². The van der Waals surface area contributed by atoms with Crippen LogP contribution in [0.2, 0.25) is 0 Å². The lowest BCUT2D eigenvalue weighted by Gasteiger charge is -2.24. The number of benzene rings is 3. The lowest BCUT2D eigenvalue weighted by atomic mass is 9.85. The second kappa shape index (κ2) is 12.7. The van der Waals surface area contributed by atoms with Gasteiger partial charge in [-0.15, -0.1) is 10.2 Å². The number of carbonyl (C=O) groups is 2. The molecule has 0 saturated carbocycles. The summed E-state index contributed by atoms with van der Waals surface area (Å²) in [7, 11) is 0. The molecule has 43 heavy (non-hydrogen) atoms. The van der Waals surface area contributed by atoms with Crippen LogP contribution in [0, 0.1) is 5.82 Å². The number of hydrogen-bond donors (Lipinski definition) is 1. The van der Waals surface area contributed by atoms with Crippen molar-refractivity contribution in [1.29, 1.82) is 0 Å². The molecule has 0 radical (unpaired) electrons. The molecule has 5 rings (SSSR count). The van der Waals surface area contributed by atoms with Gasteiger partial charge in [0.15, 0.2) is 4.34 Å². The summed E-state index contributed by atoms with van der Waals surface area (Å²) in [6.07, 6.45) is 0.855. The van der Waals surface area contributed by atoms with Crippen LogP contribution in [0.3, 0.4) is 0 Å². The zero-order valence-corrected chi connectivity index (χ0v) is 26.0. The Morgan fingerprint density at radius 3 is 2.37 bits per heavy atom. The average molecular weight is 618 g/mol. The van der Waals surface area contributed by atoms with Gasteiger partial charge in [-0.25, -0.2) is 4.39 Å². The third kappa shape index (κ3) is 6.50. The van der Waals surface area contributed by atoms with Gasteiger partial charge in [0, 0.05) is 11.3 Å². The first-order valence-corrected chi connectivity index (χ1v) is 15.7. The Bertz CT molecular complexity index is 1660. The molecule has 1 atom stereocenters. The highest BCUT2D eigenvalue weighted by atomic mass is 32.2. The van der Waals surface area contributed by atoms with E-state index in [1.165, 1.54) is 22.7 Å². The van der Waals surface area contributed by atoms with Crippen molar-refractivity contribution in [3.05, 3.63) is 106 Å². The zero-order valence-electron chi connectivity index (χ0n) is 24.3. The third-order valence-electron chi connectivity index (χ3n) is 7.05. The summed E-state index contributed by atoms with van der Waals surface area (Å²) in [5.74, 6) is -1.25. The molecule has 0 aliphatic carbocycles. The Morgan fingerprint density at radius 1 is 1.02 bits per heavy atom. The van der Waals surface area contributed by atoms with E-state index in [9.17, 15) is 19.1 Å². The highest BCUT2D eigenvalue weighted by Crippen LogP contribution is 2.44. The number of Topliss-reactive ketones (excluding diaryl/α,β-unsaturated/α-hetero) is 1. The first-order chi connectivity index (χ1) is 20.6. The van der Waals surface area contributed by atoms with Gasteiger partial charge in [0.1, 0.15) is 17.3 Å². The number of amides is 1. The summed E-state index contributed by atoms with van der Waals surface area (Å²) in [5, 5.41) is 20.1. The summed E-state index contributed by atoms with van der Waals surface area (Å²) < 4.78 is 20.3. The van der Waals surface area contributed by atoms with Crippen LogP contribution in [0.1, 0.15) is 62.4 Å². The number of nitrogens with zero attached hydrogens (tertiary/aromatic N) is 3. The number of rotatable bonds is 9. The topological polar surface area (TPSA) is 92.6 Å². The molecule has 1 saturated heterocycles. The summed E-state index contributed by atoms with van der Waals surface area (Å²) >= 11 is 2.43. The minimum absolute atomic E-state index is 0.0357. The molecule has 1 aliphatic rings. The largest absolute Gasteiger partial charge is 0.507 e. The molecule has 4 aromatic rings. The molecule has 0 bridgehead atoms. The van der Waals surface area contributed by atoms with Crippen LogP contribution >= 0.6 is 23.1 Å². The quantitative estimate of drug-likeness (QED) is 0.0677. The number of ether oxygens (including phenoxy) is 1. The van der Waals surface area contributed by atoms with Crippen LogP contribution in [0.25, 0.3) is 5.76 Å². The fraction of sp³-hybridized carbons (Fsp3) is 0.273. The number of aliphatic hydroxyl groups excluding tert-OH is 1. The highest BCUT2D eigenvalue weighted by Gasteiger charge is 2.48. The number of aliphatic hydroxyl groups is 1. The lowest BCUT2D eigenvalue weighted by Crippen LogP contribution is -2.29. The summed E-state index contributed by atoms with van der Waals surface area (Å²) in [4.78, 5) is 28.4. The van der Waals surface area contributed by atoms with Crippen LogP contribution in [-0.4, -0.2) is 33.6 Å². The maximum Gasteiger partial charge on any atom is 0.301 e. The molecule has 222 valence electrons. The molecule has 1 N–H and O–H groups in total. The van der Waals surface area contributed by atoms with Crippen molar-refractivity contribution in [2.24, 2.45) is 0 Å². The van der Waals surface area contributed by atoms with E-state index in [1.54, 1.807) is 42.5 Å². The van der Waals surface area contributed by atoms with Crippen molar-refractivity contribution >= 4 is 45.7 Å². The van der Waals surface area contributed by atoms with Crippen molar-refractivity contribution in [3.63, 3.8) is 0 Å². The molecule has 1 amide bonds. The van der Waals surface area contributed by atoms with E-state index in [4.69, 9.17) is 4.74 Å². The first kappa shape index (κ1) is 30.4. The maximum atomic E-state index is 14.1. The molecule has 10 heteroatoms. The van der Waals surface area contributed by atoms with E-state index in [-0.39, 0.29) is 27.7 Å². The number of ketones is 1. The molecule has 2 heterocycles. The molecule has 1 fully saturated rings. The predicted molar refractivity (Wildman–Crippen MR) is 168 cm³/mol. The predicted octanol–water partition coefficient (Wildman–Crippen LogP) is 7.68. The van der Waals surface area contributed by atoms with Gasteiger partial charge in [-0.1, -0.05) is 93.3 Å². The molecule has 1 aliphatic heterocycles. The fourth-order valence-corrected chi connectivity index (χ4v) is 6.56. The number of aromatic nitrogens is 2. The Morgan fingerprint density at radius 2 is 1.72 bits per heavy atom. The summed E-state index contributed by atoms with van der Waals surface area (Å²) in [6, 6.07) is 20.0. The molecular formula is C33H32FN3O4S2. The van der Waals surface area contributed by atoms with Crippen LogP contribution in [0.15, 0.2) is 82.7 Å². The van der Waals surface area contributed by atoms with Crippen LogP contribution in [0.5, 0.6) is 5.75 Å². The van der Waals surface area contributed by atoms with Crippen molar-refractivity contribution in [3.8, 4) is 5.75 Å². The molecule has 7 nitrogen and oxygen atoms in total. The molecule has 1 unspecified atom stereocenters. The Labute approximate surface area is 258 Å². The van der Waals surface area contributed by atoms with Crippen LogP contribution in [0.4, 0.5) is 9.52 Å². The fourth-order valence-electron chi connectivity index (χ4n) is 4.71. The maximum absolute atomic E-state index is 14.1. The van der Waals surface area contributed by atoms with Gasteiger partial charge in [-0.2, -0.15) is 0 Å². The van der Waals surface area contributed by atoms with Gasteiger partial charge >= 0.3 is 5.91 Å². The number of halogens is 1. The van der Waals surface area contributed by atoms with E-state index in [0.717, 1.165) is 23.3 Å². The lowest BCUT2D eigenvalue weighted by molar-refractivity contribution is -0.132. The van der Waals surface area contributed by atoms with Gasteiger partial charge in [-0.3, -0.25) is 14.5 Å². The minimum Gasteiger partial charge on any atom is -0.507 e. The van der Waals surface area contributed by atoms with Gasteiger partial charge in [-0.05, 0) is 58.9 Å². The number of thioether (sulfide) groups is 1. The Balaban J connectivity index is 1.53. The second-order valence-corrected chi connectivity index (χ2v) is 13.3. The summed E-state index contributed by atoms with van der Waals surface area (Å²) in [6.45, 7) is 8.87. The molecule has 1 aromatic heterocycles. The molecular weight excluding hydrogens is 586 g/mol. The van der Waals surface area contributed by atoms with E-state index in [2.05, 4.69) is 31.0 Å². The number of hydrogen-bond acceptors (Lipinski definition) is 8. The van der Waals surface area contributed by atoms with Crippen molar-refractivity contribution in [2.75, 3.05) is 11.5 Å². The van der Waals surface area contributed by atoms with E-state index in [0.29, 0.717) is 39.1 Å². The Kier molecular flexibility index (Phi) is 8.98. The second-order valence-electron chi connectivity index (χ2n) is 11.1. The van der Waals surface area contributed by atoms with Crippen LogP contribution in [-0.2, 0) is 20.8 Å². The zero-order chi connectivity index (χ0) is 30.7. The van der Waals surface area contributed by atoms with Gasteiger partial charge in [0.2, 0.25) is 5.13 Å². The smallest absolute Gasteiger partial charge is 0.301 e. The monoisotopic (exact) mass is 617 g/mol. The summed E-state index contributed by atoms with van der Waals surface area (Å²) in [5.41, 5.74) is 2.50. The Hall–Kier alpha value is -4.02. The van der Waals surface area contributed by atoms with Gasteiger partial charge in [0.05, 0.1) is 18.2 Å². The van der Waals surface area contributed by atoms with E-state index in [1.807, 2.05) is 31.2 Å². The average Bonchev–Trinajstić information content (AvgIpc) is 3.57. The van der Waals surface area contributed by atoms with Crippen molar-refractivity contribution in [1.82, 2.24) is 10.2 Å². The van der Waals surface area contributed by atoms with Crippen molar-refractivity contribution < 1.29 is 23.8 Å². The minimum atomic E-state index is -0.928. The molecule has 0 spiro atoms. The van der Waals surface area contributed by atoms with Crippen molar-refractivity contribution in [2.45, 2.75) is 55.7 Å². The third-order valence-corrected chi connectivity index (χ3v) is 9.15. The number of anilines is 1. The highest BCUT2D eigenvalue weighted by molar-refractivity contribution is 8.00. The number of carbonyl (C=O) groups excluding carboxylic acids is 2. The van der Waals surface area contributed by atoms with Gasteiger partial charge < -0.3 is 9.84 Å². The normalized spacial score (nSPS) is 16.6. The molecule has 3 aromatic carbocycles.